The van der Waals surface area contributed by atoms with Crippen molar-refractivity contribution in [1.82, 2.24) is 10.2 Å². The highest BCUT2D eigenvalue weighted by atomic mass is 32.2. The molecule has 1 aromatic carbocycles. The Kier molecular flexibility index (Phi) is 5.39. The van der Waals surface area contributed by atoms with E-state index in [1.165, 1.54) is 0 Å². The van der Waals surface area contributed by atoms with Gasteiger partial charge in [0.1, 0.15) is 0 Å². The summed E-state index contributed by atoms with van der Waals surface area (Å²) in [4.78, 5) is 12.2. The quantitative estimate of drug-likeness (QED) is 0.819. The van der Waals surface area contributed by atoms with Crippen LogP contribution in [-0.4, -0.2) is 30.3 Å². The number of sulfone groups is 1. The number of hydrogen-bond donors (Lipinski definition) is 1. The SMILES string of the molecule is CCCS(=O)(=O)c1nnc(NC(=O)c2ccc(C(C)(C)C)cc2)s1. The summed E-state index contributed by atoms with van der Waals surface area (Å²) in [5, 5.41) is 10.2. The number of nitrogens with zero attached hydrogens (tertiary/aromatic N) is 2. The van der Waals surface area contributed by atoms with Crippen LogP contribution in [0.25, 0.3) is 0 Å². The third kappa shape index (κ3) is 4.39. The van der Waals surface area contributed by atoms with Crippen LogP contribution in [0, 0.1) is 0 Å². The lowest BCUT2D eigenvalue weighted by Crippen LogP contribution is -2.14. The van der Waals surface area contributed by atoms with Gasteiger partial charge in [0.05, 0.1) is 5.75 Å². The van der Waals surface area contributed by atoms with Crippen LogP contribution < -0.4 is 5.32 Å². The van der Waals surface area contributed by atoms with Gasteiger partial charge in [-0.25, -0.2) is 8.42 Å². The minimum absolute atomic E-state index is 0.0107. The Morgan fingerprint density at radius 1 is 1.17 bits per heavy atom. The molecule has 0 saturated carbocycles. The molecule has 0 aliphatic heterocycles. The van der Waals surface area contributed by atoms with Crippen molar-refractivity contribution in [2.24, 2.45) is 0 Å². The third-order valence-electron chi connectivity index (χ3n) is 3.38. The molecule has 0 aliphatic carbocycles. The number of amides is 1. The van der Waals surface area contributed by atoms with Gasteiger partial charge in [0.15, 0.2) is 0 Å². The molecule has 0 saturated heterocycles. The molecule has 2 rings (SSSR count). The van der Waals surface area contributed by atoms with E-state index in [4.69, 9.17) is 0 Å². The zero-order valence-electron chi connectivity index (χ0n) is 14.2. The number of rotatable bonds is 5. The molecule has 0 spiro atoms. The van der Waals surface area contributed by atoms with Crippen LogP contribution >= 0.6 is 11.3 Å². The van der Waals surface area contributed by atoms with Crippen molar-refractivity contribution in [3.63, 3.8) is 0 Å². The van der Waals surface area contributed by atoms with Crippen molar-refractivity contribution in [3.05, 3.63) is 35.4 Å². The van der Waals surface area contributed by atoms with Crippen molar-refractivity contribution in [1.29, 1.82) is 0 Å². The molecular formula is C16H21N3O3S2. The lowest BCUT2D eigenvalue weighted by Gasteiger charge is -2.18. The van der Waals surface area contributed by atoms with Crippen LogP contribution in [0.5, 0.6) is 0 Å². The van der Waals surface area contributed by atoms with E-state index in [1.54, 1.807) is 19.1 Å². The number of nitrogens with one attached hydrogen (secondary N) is 1. The molecule has 0 aliphatic rings. The van der Waals surface area contributed by atoms with Crippen LogP contribution in [0.15, 0.2) is 28.6 Å². The Morgan fingerprint density at radius 2 is 1.79 bits per heavy atom. The summed E-state index contributed by atoms with van der Waals surface area (Å²) in [5.74, 6) is -0.324. The molecule has 1 heterocycles. The standard InChI is InChI=1S/C16H21N3O3S2/c1-5-10-24(21,22)15-19-18-14(23-15)17-13(20)11-6-8-12(9-7-11)16(2,3)4/h6-9H,5,10H2,1-4H3,(H,17,18,20). The molecule has 0 bridgehead atoms. The molecule has 1 N–H and O–H groups in total. The normalized spacial score (nSPS) is 12.2. The van der Waals surface area contributed by atoms with E-state index in [0.717, 1.165) is 16.9 Å². The van der Waals surface area contributed by atoms with Crippen molar-refractivity contribution >= 4 is 32.2 Å². The second-order valence-corrected chi connectivity index (χ2v) is 9.73. The molecule has 1 amide bonds. The average Bonchev–Trinajstić information content (AvgIpc) is 2.96. The molecule has 0 radical (unpaired) electrons. The van der Waals surface area contributed by atoms with Crippen molar-refractivity contribution < 1.29 is 13.2 Å². The number of aromatic nitrogens is 2. The zero-order valence-corrected chi connectivity index (χ0v) is 15.8. The molecular weight excluding hydrogens is 346 g/mol. The van der Waals surface area contributed by atoms with Gasteiger partial charge in [-0.1, -0.05) is 51.2 Å². The van der Waals surface area contributed by atoms with Gasteiger partial charge in [-0.05, 0) is 29.5 Å². The molecule has 24 heavy (non-hydrogen) atoms. The summed E-state index contributed by atoms with van der Waals surface area (Å²) in [6.45, 7) is 8.08. The monoisotopic (exact) mass is 367 g/mol. The van der Waals surface area contributed by atoms with Crippen LogP contribution in [0.2, 0.25) is 0 Å². The summed E-state index contributed by atoms with van der Waals surface area (Å²) in [6, 6.07) is 7.30. The highest BCUT2D eigenvalue weighted by Gasteiger charge is 2.20. The Hall–Kier alpha value is -1.80. The van der Waals surface area contributed by atoms with Gasteiger partial charge in [0.25, 0.3) is 5.91 Å². The maximum absolute atomic E-state index is 12.2. The van der Waals surface area contributed by atoms with E-state index in [-0.39, 0.29) is 26.5 Å². The molecule has 8 heteroatoms. The first-order valence-corrected chi connectivity index (χ1v) is 10.1. The number of hydrogen-bond acceptors (Lipinski definition) is 6. The van der Waals surface area contributed by atoms with Gasteiger partial charge in [-0.2, -0.15) is 0 Å². The van der Waals surface area contributed by atoms with E-state index >= 15 is 0 Å². The summed E-state index contributed by atoms with van der Waals surface area (Å²) < 4.78 is 23.8. The van der Waals surface area contributed by atoms with E-state index < -0.39 is 9.84 Å². The van der Waals surface area contributed by atoms with Gasteiger partial charge in [-0.3, -0.25) is 10.1 Å². The summed E-state index contributed by atoms with van der Waals surface area (Å²) >= 11 is 0.868. The smallest absolute Gasteiger partial charge is 0.257 e. The van der Waals surface area contributed by atoms with E-state index in [0.29, 0.717) is 12.0 Å². The van der Waals surface area contributed by atoms with Gasteiger partial charge >= 0.3 is 0 Å². The Labute approximate surface area is 146 Å². The number of anilines is 1. The van der Waals surface area contributed by atoms with Gasteiger partial charge < -0.3 is 0 Å². The van der Waals surface area contributed by atoms with Crippen LogP contribution in [0.4, 0.5) is 5.13 Å². The first kappa shape index (κ1) is 18.5. The highest BCUT2D eigenvalue weighted by Crippen LogP contribution is 2.24. The topological polar surface area (TPSA) is 89.0 Å². The third-order valence-corrected chi connectivity index (χ3v) is 6.58. The molecule has 0 fully saturated rings. The first-order chi connectivity index (χ1) is 11.1. The van der Waals surface area contributed by atoms with Crippen molar-refractivity contribution in [2.75, 3.05) is 11.1 Å². The molecule has 2 aromatic rings. The second kappa shape index (κ2) is 6.98. The maximum Gasteiger partial charge on any atom is 0.257 e. The lowest BCUT2D eigenvalue weighted by atomic mass is 9.87. The van der Waals surface area contributed by atoms with E-state index in [1.807, 2.05) is 12.1 Å². The van der Waals surface area contributed by atoms with Crippen LogP contribution in [0.1, 0.15) is 50.0 Å². The minimum atomic E-state index is -3.42. The van der Waals surface area contributed by atoms with Crippen molar-refractivity contribution in [3.8, 4) is 0 Å². The number of carbonyl (C=O) groups is 1. The summed E-state index contributed by atoms with van der Waals surface area (Å²) in [7, 11) is -3.42. The Bertz CT molecular complexity index is 819. The summed E-state index contributed by atoms with van der Waals surface area (Å²) in [6.07, 6.45) is 0.504. The molecule has 0 unspecified atom stereocenters. The second-order valence-electron chi connectivity index (χ2n) is 6.47. The Morgan fingerprint density at radius 3 is 2.33 bits per heavy atom. The minimum Gasteiger partial charge on any atom is -0.296 e. The van der Waals surface area contributed by atoms with Crippen LogP contribution in [0.3, 0.4) is 0 Å². The van der Waals surface area contributed by atoms with E-state index in [9.17, 15) is 13.2 Å². The van der Waals surface area contributed by atoms with E-state index in [2.05, 4.69) is 36.3 Å². The zero-order chi connectivity index (χ0) is 18.0. The highest BCUT2D eigenvalue weighted by molar-refractivity contribution is 7.93. The average molecular weight is 367 g/mol. The van der Waals surface area contributed by atoms with Crippen LogP contribution in [-0.2, 0) is 15.3 Å². The van der Waals surface area contributed by atoms with Gasteiger partial charge in [0, 0.05) is 5.56 Å². The molecule has 0 atom stereocenters. The Balaban J connectivity index is 2.12. The van der Waals surface area contributed by atoms with Gasteiger partial charge in [-0.15, -0.1) is 10.2 Å². The van der Waals surface area contributed by atoms with Crippen molar-refractivity contribution in [2.45, 2.75) is 43.9 Å². The predicted molar refractivity (Wildman–Crippen MR) is 95.3 cm³/mol. The lowest BCUT2D eigenvalue weighted by molar-refractivity contribution is 0.102. The molecule has 130 valence electrons. The fourth-order valence-electron chi connectivity index (χ4n) is 2.03. The molecule has 1 aromatic heterocycles. The first-order valence-electron chi connectivity index (χ1n) is 7.61. The summed E-state index contributed by atoms with van der Waals surface area (Å²) in [5.41, 5.74) is 1.62. The molecule has 6 nitrogen and oxygen atoms in total. The maximum atomic E-state index is 12.2. The fraction of sp³-hybridized carbons (Fsp3) is 0.438. The number of carbonyl (C=O) groups excluding carboxylic acids is 1. The number of benzene rings is 1. The predicted octanol–water partition coefficient (Wildman–Crippen LogP) is 3.27. The fourth-order valence-corrected chi connectivity index (χ4v) is 4.38. The van der Waals surface area contributed by atoms with Gasteiger partial charge in [0.2, 0.25) is 19.3 Å². The largest absolute Gasteiger partial charge is 0.296 e.